The van der Waals surface area contributed by atoms with Crippen molar-refractivity contribution >= 4 is 29.3 Å². The maximum Gasteiger partial charge on any atom is 0.266 e. The highest BCUT2D eigenvalue weighted by Crippen LogP contribution is 2.38. The van der Waals surface area contributed by atoms with Gasteiger partial charge in [0.25, 0.3) is 23.6 Å². The number of benzene rings is 7. The summed E-state index contributed by atoms with van der Waals surface area (Å²) in [5, 5.41) is 0. The van der Waals surface area contributed by atoms with E-state index in [1.165, 1.54) is 10.5 Å². The number of hydrogen-bond donors (Lipinski definition) is 0. The van der Waals surface area contributed by atoms with Gasteiger partial charge in [-0.25, -0.2) is 4.90 Å². The molecule has 10 heteroatoms. The highest BCUT2D eigenvalue weighted by atomic mass is 16.5. The summed E-state index contributed by atoms with van der Waals surface area (Å²) in [5.74, 6) is 3.08. The van der Waals surface area contributed by atoms with E-state index >= 15 is 0 Å². The summed E-state index contributed by atoms with van der Waals surface area (Å²) in [4.78, 5) is 54.7. The molecule has 0 saturated heterocycles. The molecule has 0 aromatic heterocycles. The predicted octanol–water partition coefficient (Wildman–Crippen LogP) is 12.2. The molecule has 0 saturated carbocycles. The first-order valence-electron chi connectivity index (χ1n) is 20.7. The maximum atomic E-state index is 13.7. The largest absolute Gasteiger partial charge is 0.457 e. The van der Waals surface area contributed by atoms with Gasteiger partial charge in [-0.1, -0.05) is 63.2 Å². The second kappa shape index (κ2) is 16.5. The Morgan fingerprint density at radius 1 is 0.413 bits per heavy atom. The number of carbonyl (C=O) groups excluding carboxylic acids is 4. The van der Waals surface area contributed by atoms with E-state index in [2.05, 4.69) is 20.8 Å². The monoisotopic (exact) mass is 834 g/mol. The molecule has 10 nitrogen and oxygen atoms in total. The van der Waals surface area contributed by atoms with Crippen LogP contribution in [0.15, 0.2) is 158 Å². The van der Waals surface area contributed by atoms with Crippen LogP contribution in [0.2, 0.25) is 0 Å². The molecule has 0 atom stereocenters. The smallest absolute Gasteiger partial charge is 0.266 e. The van der Waals surface area contributed by atoms with Crippen LogP contribution in [-0.2, 0) is 11.8 Å². The molecule has 7 aromatic rings. The zero-order valence-electron chi connectivity index (χ0n) is 35.1. The summed E-state index contributed by atoms with van der Waals surface area (Å²) in [6.07, 6.45) is 0.955. The van der Waals surface area contributed by atoms with Crippen molar-refractivity contribution in [2.45, 2.75) is 39.5 Å². The van der Waals surface area contributed by atoms with Crippen LogP contribution in [0, 0.1) is 0 Å². The van der Waals surface area contributed by atoms with Crippen LogP contribution in [0.3, 0.4) is 0 Å². The van der Waals surface area contributed by atoms with Crippen LogP contribution in [0.4, 0.5) is 5.69 Å². The fourth-order valence-corrected chi connectivity index (χ4v) is 7.79. The van der Waals surface area contributed by atoms with Gasteiger partial charge in [0.1, 0.15) is 46.0 Å². The van der Waals surface area contributed by atoms with Gasteiger partial charge in [0.2, 0.25) is 0 Å². The standard InChI is InChI=1S/C53H42N2O8/c1-5-33-10-18-37(19-11-33)60-41-8-7-9-42(30-41)61-40-24-16-36(17-25-40)55-51(58)46-29-27-44(32-48(46)52(55)59)63-39-22-14-35(15-23-39)53(3,4)34-12-20-38(21-13-34)62-43-26-28-45-47(31-43)50(57)54(6-2)49(45)56/h7-32H,5-6H2,1-4H3. The first-order chi connectivity index (χ1) is 30.5. The number of fused-ring (bicyclic) bond motifs is 2. The van der Waals surface area contributed by atoms with Crippen LogP contribution in [0.5, 0.6) is 46.0 Å². The number of rotatable bonds is 13. The van der Waals surface area contributed by atoms with Gasteiger partial charge in [-0.2, -0.15) is 0 Å². The van der Waals surface area contributed by atoms with Crippen LogP contribution in [-0.4, -0.2) is 35.1 Å². The van der Waals surface area contributed by atoms with E-state index < -0.39 is 11.8 Å². The fourth-order valence-electron chi connectivity index (χ4n) is 7.79. The van der Waals surface area contributed by atoms with E-state index in [0.29, 0.717) is 69.2 Å². The van der Waals surface area contributed by atoms with Gasteiger partial charge in [0.15, 0.2) is 0 Å². The van der Waals surface area contributed by atoms with E-state index in [1.54, 1.807) is 73.7 Å². The Labute approximate surface area is 364 Å². The van der Waals surface area contributed by atoms with Crippen molar-refractivity contribution in [3.8, 4) is 46.0 Å². The minimum Gasteiger partial charge on any atom is -0.457 e. The molecule has 0 spiro atoms. The zero-order chi connectivity index (χ0) is 43.8. The molecule has 0 bridgehead atoms. The van der Waals surface area contributed by atoms with E-state index in [0.717, 1.165) is 28.2 Å². The molecule has 4 amide bonds. The summed E-state index contributed by atoms with van der Waals surface area (Å²) in [6, 6.07) is 47.4. The van der Waals surface area contributed by atoms with E-state index in [-0.39, 0.29) is 22.8 Å². The third-order valence-electron chi connectivity index (χ3n) is 11.4. The minimum absolute atomic E-state index is 0.257. The molecule has 0 fully saturated rings. The second-order valence-corrected chi connectivity index (χ2v) is 15.8. The second-order valence-electron chi connectivity index (χ2n) is 15.8. The molecular weight excluding hydrogens is 793 g/mol. The number of anilines is 1. The SMILES string of the molecule is CCc1ccc(Oc2cccc(Oc3ccc(N4C(=O)c5ccc(Oc6ccc(C(C)(C)c7ccc(Oc8ccc9c(c8)C(=O)N(CC)C9=O)cc7)cc6)cc5C4=O)cc3)c2)cc1. The molecule has 312 valence electrons. The first kappa shape index (κ1) is 40.4. The van der Waals surface area contributed by atoms with Gasteiger partial charge in [-0.05, 0) is 139 Å². The van der Waals surface area contributed by atoms with Crippen LogP contribution in [0.1, 0.15) is 85.8 Å². The normalized spacial score (nSPS) is 13.3. The number of imide groups is 2. The zero-order valence-corrected chi connectivity index (χ0v) is 35.1. The molecule has 0 N–H and O–H groups in total. The molecule has 9 rings (SSSR count). The Hall–Kier alpha value is -7.98. The van der Waals surface area contributed by atoms with Gasteiger partial charge < -0.3 is 18.9 Å². The molecule has 2 aliphatic heterocycles. The third kappa shape index (κ3) is 7.90. The summed E-state index contributed by atoms with van der Waals surface area (Å²) in [6.45, 7) is 8.44. The number of amides is 4. The molecule has 2 heterocycles. The molecular formula is C53H42N2O8. The van der Waals surface area contributed by atoms with E-state index in [4.69, 9.17) is 18.9 Å². The van der Waals surface area contributed by atoms with E-state index in [1.807, 2.05) is 91.0 Å². The highest BCUT2D eigenvalue weighted by molar-refractivity contribution is 6.34. The summed E-state index contributed by atoms with van der Waals surface area (Å²) >= 11 is 0. The fraction of sp³-hybridized carbons (Fsp3) is 0.132. The van der Waals surface area contributed by atoms with Crippen molar-refractivity contribution < 1.29 is 38.1 Å². The first-order valence-corrected chi connectivity index (χ1v) is 20.7. The molecule has 0 aliphatic carbocycles. The summed E-state index contributed by atoms with van der Waals surface area (Å²) in [5.41, 5.74) is 4.66. The quantitative estimate of drug-likeness (QED) is 0.106. The summed E-state index contributed by atoms with van der Waals surface area (Å²) < 4.78 is 24.3. The predicted molar refractivity (Wildman–Crippen MR) is 239 cm³/mol. The Morgan fingerprint density at radius 2 is 0.794 bits per heavy atom. The summed E-state index contributed by atoms with van der Waals surface area (Å²) in [7, 11) is 0. The molecule has 2 aliphatic rings. The average molecular weight is 835 g/mol. The van der Waals surface area contributed by atoms with Gasteiger partial charge >= 0.3 is 0 Å². The lowest BCUT2D eigenvalue weighted by Gasteiger charge is -2.26. The van der Waals surface area contributed by atoms with Gasteiger partial charge in [-0.15, -0.1) is 0 Å². The molecule has 0 unspecified atom stereocenters. The van der Waals surface area contributed by atoms with Crippen molar-refractivity contribution in [1.29, 1.82) is 0 Å². The Bertz CT molecular complexity index is 2900. The third-order valence-corrected chi connectivity index (χ3v) is 11.4. The highest BCUT2D eigenvalue weighted by Gasteiger charge is 2.37. The number of nitrogens with zero attached hydrogens (tertiary/aromatic N) is 2. The maximum absolute atomic E-state index is 13.7. The number of ether oxygens (including phenoxy) is 4. The van der Waals surface area contributed by atoms with Crippen LogP contribution < -0.4 is 23.8 Å². The Kier molecular flexibility index (Phi) is 10.6. The molecule has 7 aromatic carbocycles. The topological polar surface area (TPSA) is 112 Å². The van der Waals surface area contributed by atoms with Gasteiger partial charge in [0.05, 0.1) is 27.9 Å². The van der Waals surface area contributed by atoms with Crippen LogP contribution >= 0.6 is 0 Å². The van der Waals surface area contributed by atoms with Crippen molar-refractivity contribution in [3.05, 3.63) is 197 Å². The van der Waals surface area contributed by atoms with Crippen molar-refractivity contribution in [2.24, 2.45) is 0 Å². The number of hydrogen-bond acceptors (Lipinski definition) is 8. The van der Waals surface area contributed by atoms with Gasteiger partial charge in [0, 0.05) is 18.0 Å². The van der Waals surface area contributed by atoms with Crippen molar-refractivity contribution in [3.63, 3.8) is 0 Å². The van der Waals surface area contributed by atoms with Crippen molar-refractivity contribution in [1.82, 2.24) is 4.90 Å². The average Bonchev–Trinajstić information content (AvgIpc) is 3.69. The minimum atomic E-state index is -0.443. The van der Waals surface area contributed by atoms with Gasteiger partial charge in [-0.3, -0.25) is 24.1 Å². The molecule has 63 heavy (non-hydrogen) atoms. The Balaban J connectivity index is 0.821. The lowest BCUT2D eigenvalue weighted by Crippen LogP contribution is -2.29. The molecule has 0 radical (unpaired) electrons. The van der Waals surface area contributed by atoms with E-state index in [9.17, 15) is 19.2 Å². The number of aryl methyl sites for hydroxylation is 1. The lowest BCUT2D eigenvalue weighted by atomic mass is 9.78. The number of carbonyl (C=O) groups is 4. The Morgan fingerprint density at radius 3 is 1.27 bits per heavy atom. The lowest BCUT2D eigenvalue weighted by molar-refractivity contribution is 0.0661. The van der Waals surface area contributed by atoms with Crippen molar-refractivity contribution in [2.75, 3.05) is 11.4 Å². The van der Waals surface area contributed by atoms with Crippen LogP contribution in [0.25, 0.3) is 0 Å².